The van der Waals surface area contributed by atoms with Crippen LogP contribution in [0.25, 0.3) is 0 Å². The molecule has 1 aliphatic carbocycles. The van der Waals surface area contributed by atoms with E-state index < -0.39 is 6.04 Å². The van der Waals surface area contributed by atoms with Crippen LogP contribution in [0.4, 0.5) is 0 Å². The van der Waals surface area contributed by atoms with Gasteiger partial charge in [0.2, 0.25) is 5.91 Å². The Balaban J connectivity index is 2.11. The molecule has 1 amide bonds. The summed E-state index contributed by atoms with van der Waals surface area (Å²) in [6, 6.07) is -0.395. The standard InChI is InChI=1S/C12H24N2O2/c1-9(2)11(13)12(15)14(3)6-7-16-8-10-4-5-10/h9-11H,4-8,13H2,1-3H3. The van der Waals surface area contributed by atoms with Crippen LogP contribution in [0.3, 0.4) is 0 Å². The minimum Gasteiger partial charge on any atom is -0.379 e. The second-order valence-corrected chi connectivity index (χ2v) is 5.05. The third kappa shape index (κ3) is 4.49. The number of rotatable bonds is 7. The van der Waals surface area contributed by atoms with Gasteiger partial charge in [0.05, 0.1) is 12.6 Å². The highest BCUT2D eigenvalue weighted by atomic mass is 16.5. The van der Waals surface area contributed by atoms with Crippen molar-refractivity contribution in [1.29, 1.82) is 0 Å². The molecule has 0 saturated heterocycles. The van der Waals surface area contributed by atoms with E-state index in [1.165, 1.54) is 12.8 Å². The Morgan fingerprint density at radius 3 is 2.62 bits per heavy atom. The van der Waals surface area contributed by atoms with E-state index in [2.05, 4.69) is 0 Å². The molecule has 4 nitrogen and oxygen atoms in total. The molecule has 0 aromatic heterocycles. The molecular formula is C12H24N2O2. The minimum atomic E-state index is -0.395. The first-order chi connectivity index (χ1) is 7.52. The lowest BCUT2D eigenvalue weighted by molar-refractivity contribution is -0.132. The number of likely N-dealkylation sites (N-methyl/N-ethyl adjacent to an activating group) is 1. The lowest BCUT2D eigenvalue weighted by atomic mass is 10.0. The van der Waals surface area contributed by atoms with Crippen molar-refractivity contribution in [3.8, 4) is 0 Å². The van der Waals surface area contributed by atoms with Gasteiger partial charge >= 0.3 is 0 Å². The van der Waals surface area contributed by atoms with Crippen LogP contribution in [-0.2, 0) is 9.53 Å². The van der Waals surface area contributed by atoms with Crippen LogP contribution < -0.4 is 5.73 Å². The van der Waals surface area contributed by atoms with Gasteiger partial charge in [-0.15, -0.1) is 0 Å². The predicted octanol–water partition coefficient (Wildman–Crippen LogP) is 0.855. The normalized spacial score (nSPS) is 17.6. The number of nitrogens with two attached hydrogens (primary N) is 1. The van der Waals surface area contributed by atoms with Crippen LogP contribution in [0, 0.1) is 11.8 Å². The molecule has 0 aromatic carbocycles. The third-order valence-electron chi connectivity index (χ3n) is 3.00. The van der Waals surface area contributed by atoms with Gasteiger partial charge in [-0.1, -0.05) is 13.8 Å². The van der Waals surface area contributed by atoms with E-state index in [9.17, 15) is 4.79 Å². The predicted molar refractivity (Wildman–Crippen MR) is 64.0 cm³/mol. The van der Waals surface area contributed by atoms with Gasteiger partial charge in [-0.05, 0) is 24.7 Å². The molecule has 1 aliphatic rings. The van der Waals surface area contributed by atoms with Gasteiger partial charge in [-0.2, -0.15) is 0 Å². The lowest BCUT2D eigenvalue weighted by Gasteiger charge is -2.23. The molecule has 0 spiro atoms. The summed E-state index contributed by atoms with van der Waals surface area (Å²) in [6.45, 7) is 6.01. The number of nitrogens with zero attached hydrogens (tertiary/aromatic N) is 1. The Morgan fingerprint density at radius 2 is 2.12 bits per heavy atom. The van der Waals surface area contributed by atoms with Crippen molar-refractivity contribution in [2.24, 2.45) is 17.6 Å². The molecule has 1 unspecified atom stereocenters. The lowest BCUT2D eigenvalue weighted by Crippen LogP contribution is -2.45. The molecular weight excluding hydrogens is 204 g/mol. The van der Waals surface area contributed by atoms with Gasteiger partial charge < -0.3 is 15.4 Å². The van der Waals surface area contributed by atoms with Gasteiger partial charge in [0.1, 0.15) is 0 Å². The molecule has 4 heteroatoms. The van der Waals surface area contributed by atoms with Gasteiger partial charge in [0.15, 0.2) is 0 Å². The summed E-state index contributed by atoms with van der Waals surface area (Å²) in [5.41, 5.74) is 5.79. The zero-order chi connectivity index (χ0) is 12.1. The highest BCUT2D eigenvalue weighted by Gasteiger charge is 2.22. The molecule has 1 fully saturated rings. The maximum absolute atomic E-state index is 11.8. The number of hydrogen-bond donors (Lipinski definition) is 1. The Labute approximate surface area is 98.1 Å². The van der Waals surface area contributed by atoms with Gasteiger partial charge in [0, 0.05) is 20.2 Å². The number of amides is 1. The van der Waals surface area contributed by atoms with Crippen molar-refractivity contribution in [3.63, 3.8) is 0 Å². The molecule has 94 valence electrons. The topological polar surface area (TPSA) is 55.6 Å². The van der Waals surface area contributed by atoms with Gasteiger partial charge in [-0.3, -0.25) is 4.79 Å². The molecule has 1 saturated carbocycles. The molecule has 1 atom stereocenters. The zero-order valence-corrected chi connectivity index (χ0v) is 10.6. The largest absolute Gasteiger partial charge is 0.379 e. The molecule has 0 radical (unpaired) electrons. The zero-order valence-electron chi connectivity index (χ0n) is 10.6. The maximum atomic E-state index is 11.8. The van der Waals surface area contributed by atoms with E-state index in [1.807, 2.05) is 13.8 Å². The third-order valence-corrected chi connectivity index (χ3v) is 3.00. The average molecular weight is 228 g/mol. The Hall–Kier alpha value is -0.610. The van der Waals surface area contributed by atoms with Crippen LogP contribution in [0.5, 0.6) is 0 Å². The summed E-state index contributed by atoms with van der Waals surface area (Å²) >= 11 is 0. The van der Waals surface area contributed by atoms with Gasteiger partial charge in [-0.25, -0.2) is 0 Å². The van der Waals surface area contributed by atoms with Crippen LogP contribution >= 0.6 is 0 Å². The first-order valence-corrected chi connectivity index (χ1v) is 6.10. The average Bonchev–Trinajstić information content (AvgIpc) is 3.05. The van der Waals surface area contributed by atoms with Crippen LogP contribution in [0.2, 0.25) is 0 Å². The highest BCUT2D eigenvalue weighted by molar-refractivity contribution is 5.81. The van der Waals surface area contributed by atoms with Crippen molar-refractivity contribution in [2.45, 2.75) is 32.7 Å². The number of hydrogen-bond acceptors (Lipinski definition) is 3. The minimum absolute atomic E-state index is 0.00465. The first kappa shape index (κ1) is 13.5. The number of carbonyl (C=O) groups excluding carboxylic acids is 1. The van der Waals surface area contributed by atoms with Crippen molar-refractivity contribution in [1.82, 2.24) is 4.90 Å². The summed E-state index contributed by atoms with van der Waals surface area (Å²) in [6.07, 6.45) is 2.60. The molecule has 16 heavy (non-hydrogen) atoms. The second kappa shape index (κ2) is 6.21. The summed E-state index contributed by atoms with van der Waals surface area (Å²) in [7, 11) is 1.78. The highest BCUT2D eigenvalue weighted by Crippen LogP contribution is 2.28. The fraction of sp³-hybridized carbons (Fsp3) is 0.917. The molecule has 0 aromatic rings. The van der Waals surface area contributed by atoms with Gasteiger partial charge in [0.25, 0.3) is 0 Å². The van der Waals surface area contributed by atoms with E-state index in [0.29, 0.717) is 13.2 Å². The molecule has 2 N–H and O–H groups in total. The van der Waals surface area contributed by atoms with Crippen LogP contribution in [0.1, 0.15) is 26.7 Å². The first-order valence-electron chi connectivity index (χ1n) is 6.10. The quantitative estimate of drug-likeness (QED) is 0.657. The molecule has 0 bridgehead atoms. The maximum Gasteiger partial charge on any atom is 0.239 e. The summed E-state index contributed by atoms with van der Waals surface area (Å²) in [4.78, 5) is 13.4. The number of ether oxygens (including phenoxy) is 1. The van der Waals surface area contributed by atoms with Crippen LogP contribution in [-0.4, -0.2) is 43.7 Å². The smallest absolute Gasteiger partial charge is 0.239 e. The van der Waals surface area contributed by atoms with Crippen molar-refractivity contribution >= 4 is 5.91 Å². The van der Waals surface area contributed by atoms with E-state index in [0.717, 1.165) is 12.5 Å². The van der Waals surface area contributed by atoms with E-state index in [1.54, 1.807) is 11.9 Å². The molecule has 0 aliphatic heterocycles. The SMILES string of the molecule is CC(C)C(N)C(=O)N(C)CCOCC1CC1. The Bertz CT molecular complexity index is 227. The van der Waals surface area contributed by atoms with Crippen LogP contribution in [0.15, 0.2) is 0 Å². The summed E-state index contributed by atoms with van der Waals surface area (Å²) < 4.78 is 5.48. The van der Waals surface area contributed by atoms with Crippen molar-refractivity contribution < 1.29 is 9.53 Å². The number of carbonyl (C=O) groups is 1. The monoisotopic (exact) mass is 228 g/mol. The summed E-state index contributed by atoms with van der Waals surface area (Å²) in [5, 5.41) is 0. The Kier molecular flexibility index (Phi) is 5.22. The van der Waals surface area contributed by atoms with E-state index in [4.69, 9.17) is 10.5 Å². The fourth-order valence-corrected chi connectivity index (χ4v) is 1.39. The van der Waals surface area contributed by atoms with Crippen molar-refractivity contribution in [3.05, 3.63) is 0 Å². The van der Waals surface area contributed by atoms with E-state index >= 15 is 0 Å². The molecule has 0 heterocycles. The summed E-state index contributed by atoms with van der Waals surface area (Å²) in [5.74, 6) is 0.964. The fourth-order valence-electron chi connectivity index (χ4n) is 1.39. The second-order valence-electron chi connectivity index (χ2n) is 5.05. The van der Waals surface area contributed by atoms with E-state index in [-0.39, 0.29) is 11.8 Å². The Morgan fingerprint density at radius 1 is 1.50 bits per heavy atom. The van der Waals surface area contributed by atoms with Crippen molar-refractivity contribution in [2.75, 3.05) is 26.8 Å². The molecule has 1 rings (SSSR count).